The van der Waals surface area contributed by atoms with Crippen LogP contribution in [-0.4, -0.2) is 4.98 Å². The second kappa shape index (κ2) is 5.05. The monoisotopic (exact) mass is 297 g/mol. The van der Waals surface area contributed by atoms with Crippen molar-refractivity contribution in [2.24, 2.45) is 0 Å². The van der Waals surface area contributed by atoms with Gasteiger partial charge in [-0.3, -0.25) is 0 Å². The molecular formula is C15H14F3NS. The van der Waals surface area contributed by atoms with E-state index in [4.69, 9.17) is 12.2 Å². The highest BCUT2D eigenvalue weighted by Crippen LogP contribution is 2.33. The first-order chi connectivity index (χ1) is 9.18. The quantitative estimate of drug-likeness (QED) is 0.701. The summed E-state index contributed by atoms with van der Waals surface area (Å²) in [7, 11) is 0. The van der Waals surface area contributed by atoms with Crippen LogP contribution in [-0.2, 0) is 6.18 Å². The molecule has 0 spiro atoms. The zero-order chi connectivity index (χ0) is 15.1. The van der Waals surface area contributed by atoms with Gasteiger partial charge in [-0.15, -0.1) is 0 Å². The maximum atomic E-state index is 12.8. The molecule has 0 saturated heterocycles. The number of benzene rings is 1. The lowest BCUT2D eigenvalue weighted by molar-refractivity contribution is -0.137. The van der Waals surface area contributed by atoms with Gasteiger partial charge in [0.15, 0.2) is 0 Å². The SMILES string of the molecule is Cc1cc(C)c(-c2cc(C(F)(F)F)cc(=S)[nH]2)cc1C. The lowest BCUT2D eigenvalue weighted by Crippen LogP contribution is -2.06. The summed E-state index contributed by atoms with van der Waals surface area (Å²) in [5.74, 6) is 0. The molecule has 1 N–H and O–H groups in total. The number of aryl methyl sites for hydroxylation is 3. The fourth-order valence-corrected chi connectivity index (χ4v) is 2.34. The molecule has 1 aromatic heterocycles. The number of aromatic nitrogens is 1. The molecule has 1 aromatic carbocycles. The Morgan fingerprint density at radius 2 is 1.50 bits per heavy atom. The molecule has 1 nitrogen and oxygen atoms in total. The third-order valence-corrected chi connectivity index (χ3v) is 3.52. The van der Waals surface area contributed by atoms with E-state index < -0.39 is 11.7 Å². The van der Waals surface area contributed by atoms with E-state index in [1.807, 2.05) is 32.9 Å². The molecule has 1 heterocycles. The Morgan fingerprint density at radius 1 is 0.900 bits per heavy atom. The van der Waals surface area contributed by atoms with E-state index in [0.717, 1.165) is 34.4 Å². The maximum Gasteiger partial charge on any atom is 0.416 e. The number of H-pyrrole nitrogens is 1. The molecule has 0 aliphatic rings. The van der Waals surface area contributed by atoms with E-state index in [2.05, 4.69) is 4.98 Å². The lowest BCUT2D eigenvalue weighted by Gasteiger charge is -2.13. The van der Waals surface area contributed by atoms with E-state index in [1.165, 1.54) is 0 Å². The van der Waals surface area contributed by atoms with Crippen molar-refractivity contribution in [2.75, 3.05) is 0 Å². The van der Waals surface area contributed by atoms with Crippen LogP contribution in [0.25, 0.3) is 11.3 Å². The van der Waals surface area contributed by atoms with Crippen LogP contribution in [0, 0.1) is 25.4 Å². The first kappa shape index (κ1) is 14.8. The topological polar surface area (TPSA) is 15.8 Å². The molecule has 0 aliphatic carbocycles. The highest BCUT2D eigenvalue weighted by atomic mass is 32.1. The number of hydrogen-bond donors (Lipinski definition) is 1. The molecule has 0 fully saturated rings. The van der Waals surface area contributed by atoms with Crippen molar-refractivity contribution < 1.29 is 13.2 Å². The number of hydrogen-bond acceptors (Lipinski definition) is 1. The number of pyridine rings is 1. The Balaban J connectivity index is 2.68. The predicted octanol–water partition coefficient (Wildman–Crippen LogP) is 5.36. The second-order valence-corrected chi connectivity index (χ2v) is 5.34. The van der Waals surface area contributed by atoms with Crippen LogP contribution in [0.15, 0.2) is 24.3 Å². The summed E-state index contributed by atoms with van der Waals surface area (Å²) in [6, 6.07) is 5.88. The van der Waals surface area contributed by atoms with Gasteiger partial charge >= 0.3 is 6.18 Å². The summed E-state index contributed by atoms with van der Waals surface area (Å²) < 4.78 is 38.6. The fraction of sp³-hybridized carbons (Fsp3) is 0.267. The molecule has 0 amide bonds. The summed E-state index contributed by atoms with van der Waals surface area (Å²) in [5.41, 5.74) is 3.46. The molecule has 106 valence electrons. The Hall–Kier alpha value is -1.62. The summed E-state index contributed by atoms with van der Waals surface area (Å²) in [5, 5.41) is 0. The van der Waals surface area contributed by atoms with Crippen molar-refractivity contribution in [3.63, 3.8) is 0 Å². The average molecular weight is 297 g/mol. The summed E-state index contributed by atoms with van der Waals surface area (Å²) in [4.78, 5) is 2.84. The van der Waals surface area contributed by atoms with E-state index in [1.54, 1.807) is 0 Å². The smallest absolute Gasteiger partial charge is 0.346 e. The zero-order valence-corrected chi connectivity index (χ0v) is 12.2. The van der Waals surface area contributed by atoms with Gasteiger partial charge in [0, 0.05) is 11.3 Å². The first-order valence-electron chi connectivity index (χ1n) is 6.08. The van der Waals surface area contributed by atoms with Crippen LogP contribution < -0.4 is 0 Å². The summed E-state index contributed by atoms with van der Waals surface area (Å²) >= 11 is 4.90. The molecule has 0 saturated carbocycles. The van der Waals surface area contributed by atoms with Gasteiger partial charge in [0.1, 0.15) is 4.64 Å². The van der Waals surface area contributed by atoms with E-state index in [-0.39, 0.29) is 4.64 Å². The number of nitrogens with one attached hydrogen (secondary N) is 1. The Kier molecular flexibility index (Phi) is 3.73. The van der Waals surface area contributed by atoms with Crippen LogP contribution in [0.1, 0.15) is 22.3 Å². The van der Waals surface area contributed by atoms with Crippen molar-refractivity contribution in [1.29, 1.82) is 0 Å². The molecule has 20 heavy (non-hydrogen) atoms. The zero-order valence-electron chi connectivity index (χ0n) is 11.4. The third-order valence-electron chi connectivity index (χ3n) is 3.30. The van der Waals surface area contributed by atoms with Gasteiger partial charge < -0.3 is 4.98 Å². The number of rotatable bonds is 1. The molecule has 0 atom stereocenters. The van der Waals surface area contributed by atoms with Crippen LogP contribution in [0.4, 0.5) is 13.2 Å². The second-order valence-electron chi connectivity index (χ2n) is 4.90. The molecule has 0 bridgehead atoms. The third kappa shape index (κ3) is 2.93. The molecule has 2 aromatic rings. The Labute approximate surface area is 120 Å². The predicted molar refractivity (Wildman–Crippen MR) is 76.3 cm³/mol. The van der Waals surface area contributed by atoms with Gasteiger partial charge in [-0.25, -0.2) is 0 Å². The summed E-state index contributed by atoms with van der Waals surface area (Å²) in [6.45, 7) is 5.78. The molecule has 2 rings (SSSR count). The molecule has 0 aliphatic heterocycles. The van der Waals surface area contributed by atoms with Crippen molar-refractivity contribution >= 4 is 12.2 Å². The minimum Gasteiger partial charge on any atom is -0.346 e. The largest absolute Gasteiger partial charge is 0.416 e. The lowest BCUT2D eigenvalue weighted by atomic mass is 9.98. The highest BCUT2D eigenvalue weighted by molar-refractivity contribution is 7.71. The minimum atomic E-state index is -4.40. The number of halogens is 3. The molecule has 0 radical (unpaired) electrons. The van der Waals surface area contributed by atoms with Gasteiger partial charge in [-0.05, 0) is 55.7 Å². The number of aromatic amines is 1. The van der Waals surface area contributed by atoms with Gasteiger partial charge in [0.25, 0.3) is 0 Å². The highest BCUT2D eigenvalue weighted by Gasteiger charge is 2.31. The van der Waals surface area contributed by atoms with Gasteiger partial charge in [-0.2, -0.15) is 13.2 Å². The summed E-state index contributed by atoms with van der Waals surface area (Å²) in [6.07, 6.45) is -4.40. The van der Waals surface area contributed by atoms with Crippen LogP contribution in [0.2, 0.25) is 0 Å². The normalized spacial score (nSPS) is 11.7. The van der Waals surface area contributed by atoms with Crippen molar-refractivity contribution in [2.45, 2.75) is 26.9 Å². The van der Waals surface area contributed by atoms with Gasteiger partial charge in [0.05, 0.1) is 5.56 Å². The van der Waals surface area contributed by atoms with Gasteiger partial charge in [0.2, 0.25) is 0 Å². The van der Waals surface area contributed by atoms with Crippen molar-refractivity contribution in [3.05, 3.63) is 51.2 Å². The molecular weight excluding hydrogens is 283 g/mol. The van der Waals surface area contributed by atoms with E-state index in [0.29, 0.717) is 5.69 Å². The standard InChI is InChI=1S/C15H14F3NS/c1-8-4-10(3)12(5-9(8)2)13-6-11(15(16,17)18)7-14(20)19-13/h4-7H,1-3H3,(H,19,20). The Bertz CT molecular complexity index is 714. The van der Waals surface area contributed by atoms with Crippen LogP contribution in [0.5, 0.6) is 0 Å². The fourth-order valence-electron chi connectivity index (χ4n) is 2.10. The minimum absolute atomic E-state index is 0.0763. The van der Waals surface area contributed by atoms with Crippen molar-refractivity contribution in [3.8, 4) is 11.3 Å². The van der Waals surface area contributed by atoms with E-state index in [9.17, 15) is 13.2 Å². The number of alkyl halides is 3. The first-order valence-corrected chi connectivity index (χ1v) is 6.49. The van der Waals surface area contributed by atoms with Gasteiger partial charge in [-0.1, -0.05) is 18.3 Å². The average Bonchev–Trinajstić information content (AvgIpc) is 2.32. The van der Waals surface area contributed by atoms with Crippen LogP contribution in [0.3, 0.4) is 0 Å². The van der Waals surface area contributed by atoms with E-state index >= 15 is 0 Å². The maximum absolute atomic E-state index is 12.8. The molecule has 0 unspecified atom stereocenters. The Morgan fingerprint density at radius 3 is 2.10 bits per heavy atom. The van der Waals surface area contributed by atoms with Crippen molar-refractivity contribution in [1.82, 2.24) is 4.98 Å². The molecule has 5 heteroatoms. The van der Waals surface area contributed by atoms with Crippen LogP contribution >= 0.6 is 12.2 Å².